The average molecular weight is 274 g/mol. The summed E-state index contributed by atoms with van der Waals surface area (Å²) < 4.78 is 5.15. The highest BCUT2D eigenvalue weighted by Gasteiger charge is 2.10. The molecule has 1 aromatic carbocycles. The zero-order valence-corrected chi connectivity index (χ0v) is 10.4. The Morgan fingerprint density at radius 3 is 2.74 bits per heavy atom. The molecule has 0 aliphatic heterocycles. The summed E-state index contributed by atoms with van der Waals surface area (Å²) in [5.74, 6) is 0.772. The summed E-state index contributed by atoms with van der Waals surface area (Å²) in [6.07, 6.45) is 4.31. The highest BCUT2D eigenvalue weighted by atomic mass is 35.5. The Morgan fingerprint density at radius 2 is 2.05 bits per heavy atom. The molecule has 2 heterocycles. The maximum absolute atomic E-state index is 6.17. The number of nitrogen functional groups attached to an aromatic ring is 1. The molecule has 0 atom stereocenters. The van der Waals surface area contributed by atoms with Crippen LogP contribution in [0.25, 0.3) is 22.7 Å². The molecule has 19 heavy (non-hydrogen) atoms. The van der Waals surface area contributed by atoms with Gasteiger partial charge in [0.15, 0.2) is 0 Å². The van der Waals surface area contributed by atoms with Crippen LogP contribution in [-0.4, -0.2) is 20.2 Å². The first-order chi connectivity index (χ1) is 9.24. The number of halogens is 1. The predicted molar refractivity (Wildman–Crippen MR) is 70.2 cm³/mol. The maximum atomic E-state index is 6.17. The molecule has 6 nitrogen and oxygen atoms in total. The fourth-order valence-electron chi connectivity index (χ4n) is 1.63. The number of aromatic nitrogens is 4. The normalized spacial score (nSPS) is 10.6. The van der Waals surface area contributed by atoms with E-state index in [1.54, 1.807) is 18.3 Å². The standard InChI is InChI=1S/C12H8ClN5O/c13-9-2-1-7(12-18-17-6-19-12)3-8(9)10-4-16-11(14)5-15-10/h1-6H,(H2,14,16). The van der Waals surface area contributed by atoms with E-state index in [2.05, 4.69) is 20.2 Å². The SMILES string of the molecule is Nc1cnc(-c2cc(-c3nnco3)ccc2Cl)cn1. The molecule has 2 N–H and O–H groups in total. The summed E-state index contributed by atoms with van der Waals surface area (Å²) in [4.78, 5) is 8.19. The van der Waals surface area contributed by atoms with Crippen LogP contribution in [0.4, 0.5) is 5.82 Å². The van der Waals surface area contributed by atoms with Crippen molar-refractivity contribution < 1.29 is 4.42 Å². The van der Waals surface area contributed by atoms with Gasteiger partial charge in [-0.25, -0.2) is 4.98 Å². The predicted octanol–water partition coefficient (Wildman–Crippen LogP) is 2.43. The molecule has 0 unspecified atom stereocenters. The zero-order valence-electron chi connectivity index (χ0n) is 9.62. The van der Waals surface area contributed by atoms with Gasteiger partial charge in [0.2, 0.25) is 12.3 Å². The van der Waals surface area contributed by atoms with Gasteiger partial charge in [-0.2, -0.15) is 0 Å². The Hall–Kier alpha value is -2.47. The minimum atomic E-state index is 0.355. The highest BCUT2D eigenvalue weighted by molar-refractivity contribution is 6.33. The van der Waals surface area contributed by atoms with E-state index in [1.807, 2.05) is 6.07 Å². The molecule has 0 fully saturated rings. The van der Waals surface area contributed by atoms with E-state index >= 15 is 0 Å². The molecule has 0 radical (unpaired) electrons. The first-order valence-corrected chi connectivity index (χ1v) is 5.76. The van der Waals surface area contributed by atoms with Gasteiger partial charge in [0, 0.05) is 11.1 Å². The molecule has 0 saturated carbocycles. The van der Waals surface area contributed by atoms with Crippen molar-refractivity contribution in [1.82, 2.24) is 20.2 Å². The van der Waals surface area contributed by atoms with Crippen LogP contribution in [-0.2, 0) is 0 Å². The van der Waals surface area contributed by atoms with Crippen molar-refractivity contribution in [2.45, 2.75) is 0 Å². The molecule has 0 bridgehead atoms. The van der Waals surface area contributed by atoms with E-state index in [9.17, 15) is 0 Å². The summed E-state index contributed by atoms with van der Waals surface area (Å²) >= 11 is 6.17. The zero-order chi connectivity index (χ0) is 13.2. The van der Waals surface area contributed by atoms with Crippen molar-refractivity contribution in [2.75, 3.05) is 5.73 Å². The quantitative estimate of drug-likeness (QED) is 0.771. The lowest BCUT2D eigenvalue weighted by molar-refractivity contribution is 0.568. The van der Waals surface area contributed by atoms with E-state index in [0.717, 1.165) is 11.1 Å². The van der Waals surface area contributed by atoms with Crippen LogP contribution in [0.5, 0.6) is 0 Å². The van der Waals surface area contributed by atoms with Gasteiger partial charge in [-0.3, -0.25) is 4.98 Å². The van der Waals surface area contributed by atoms with E-state index in [0.29, 0.717) is 22.4 Å². The average Bonchev–Trinajstić information content (AvgIpc) is 2.94. The number of nitrogens with two attached hydrogens (primary N) is 1. The second-order valence-corrected chi connectivity index (χ2v) is 4.17. The van der Waals surface area contributed by atoms with Gasteiger partial charge in [-0.15, -0.1) is 10.2 Å². The van der Waals surface area contributed by atoms with E-state index in [1.165, 1.54) is 12.6 Å². The van der Waals surface area contributed by atoms with Crippen molar-refractivity contribution in [1.29, 1.82) is 0 Å². The summed E-state index contributed by atoms with van der Waals surface area (Å²) in [6.45, 7) is 0. The van der Waals surface area contributed by atoms with Crippen molar-refractivity contribution in [3.05, 3.63) is 42.0 Å². The third-order valence-corrected chi connectivity index (χ3v) is 2.85. The topological polar surface area (TPSA) is 90.7 Å². The molecule has 0 aliphatic carbocycles. The minimum Gasteiger partial charge on any atom is -0.423 e. The lowest BCUT2D eigenvalue weighted by Gasteiger charge is -2.05. The number of benzene rings is 1. The Bertz CT molecular complexity index is 697. The van der Waals surface area contributed by atoms with Gasteiger partial charge in [0.25, 0.3) is 0 Å². The molecule has 0 spiro atoms. The minimum absolute atomic E-state index is 0.355. The largest absolute Gasteiger partial charge is 0.423 e. The van der Waals surface area contributed by atoms with Gasteiger partial charge in [0.1, 0.15) is 5.82 Å². The molecule has 0 amide bonds. The molecular formula is C12H8ClN5O. The van der Waals surface area contributed by atoms with Crippen LogP contribution in [0.3, 0.4) is 0 Å². The Morgan fingerprint density at radius 1 is 1.16 bits per heavy atom. The molecule has 3 aromatic rings. The number of hydrogen-bond donors (Lipinski definition) is 1. The third kappa shape index (κ3) is 2.25. The second-order valence-electron chi connectivity index (χ2n) is 3.77. The molecular weight excluding hydrogens is 266 g/mol. The smallest absolute Gasteiger partial charge is 0.247 e. The number of hydrogen-bond acceptors (Lipinski definition) is 6. The van der Waals surface area contributed by atoms with Crippen LogP contribution in [0, 0.1) is 0 Å². The van der Waals surface area contributed by atoms with Gasteiger partial charge >= 0.3 is 0 Å². The van der Waals surface area contributed by atoms with Gasteiger partial charge < -0.3 is 10.2 Å². The van der Waals surface area contributed by atoms with E-state index in [4.69, 9.17) is 21.8 Å². The van der Waals surface area contributed by atoms with Crippen LogP contribution >= 0.6 is 11.6 Å². The number of nitrogens with zero attached hydrogens (tertiary/aromatic N) is 4. The molecule has 7 heteroatoms. The van der Waals surface area contributed by atoms with Crippen LogP contribution in [0.2, 0.25) is 5.02 Å². The van der Waals surface area contributed by atoms with Crippen LogP contribution in [0.1, 0.15) is 0 Å². The van der Waals surface area contributed by atoms with E-state index in [-0.39, 0.29) is 0 Å². The maximum Gasteiger partial charge on any atom is 0.247 e. The number of rotatable bonds is 2. The lowest BCUT2D eigenvalue weighted by Crippen LogP contribution is -1.93. The second kappa shape index (κ2) is 4.66. The van der Waals surface area contributed by atoms with Crippen molar-refractivity contribution in [2.24, 2.45) is 0 Å². The van der Waals surface area contributed by atoms with Crippen molar-refractivity contribution in [3.8, 4) is 22.7 Å². The molecule has 0 saturated heterocycles. The Kier molecular flexibility index (Phi) is 2.85. The fraction of sp³-hybridized carbons (Fsp3) is 0. The third-order valence-electron chi connectivity index (χ3n) is 2.52. The van der Waals surface area contributed by atoms with Crippen LogP contribution < -0.4 is 5.73 Å². The van der Waals surface area contributed by atoms with Crippen LogP contribution in [0.15, 0.2) is 41.4 Å². The Balaban J connectivity index is 2.10. The number of anilines is 1. The molecule has 94 valence electrons. The molecule has 0 aliphatic rings. The highest BCUT2D eigenvalue weighted by Crippen LogP contribution is 2.30. The lowest BCUT2D eigenvalue weighted by atomic mass is 10.1. The first kappa shape index (κ1) is 11.6. The van der Waals surface area contributed by atoms with Gasteiger partial charge in [-0.05, 0) is 18.2 Å². The van der Waals surface area contributed by atoms with Gasteiger partial charge in [-0.1, -0.05) is 11.6 Å². The van der Waals surface area contributed by atoms with Crippen molar-refractivity contribution >= 4 is 17.4 Å². The Labute approximate surface area is 113 Å². The molecule has 2 aromatic heterocycles. The summed E-state index contributed by atoms with van der Waals surface area (Å²) in [5, 5.41) is 8.05. The van der Waals surface area contributed by atoms with Gasteiger partial charge in [0.05, 0.1) is 23.1 Å². The molecule has 3 rings (SSSR count). The summed E-state index contributed by atoms with van der Waals surface area (Å²) in [7, 11) is 0. The monoisotopic (exact) mass is 273 g/mol. The summed E-state index contributed by atoms with van der Waals surface area (Å²) in [6, 6.07) is 5.36. The van der Waals surface area contributed by atoms with E-state index < -0.39 is 0 Å². The summed E-state index contributed by atoms with van der Waals surface area (Å²) in [5.41, 5.74) is 7.62. The first-order valence-electron chi connectivity index (χ1n) is 5.38. The fourth-order valence-corrected chi connectivity index (χ4v) is 1.84. The van der Waals surface area contributed by atoms with Crippen molar-refractivity contribution in [3.63, 3.8) is 0 Å².